The fourth-order valence-corrected chi connectivity index (χ4v) is 2.66. The molecule has 1 saturated heterocycles. The van der Waals surface area contributed by atoms with Crippen LogP contribution in [0, 0.1) is 0 Å². The van der Waals surface area contributed by atoms with E-state index in [0.717, 1.165) is 25.2 Å². The Balaban J connectivity index is 1.55. The number of anilines is 1. The molecule has 1 aliphatic heterocycles. The molecule has 130 valence electrons. The number of carbonyl (C=O) groups is 2. The summed E-state index contributed by atoms with van der Waals surface area (Å²) in [4.78, 5) is 23.5. The van der Waals surface area contributed by atoms with Crippen molar-refractivity contribution in [2.75, 3.05) is 18.5 Å². The molecule has 0 radical (unpaired) electrons. The molecule has 5 heteroatoms. The molecule has 25 heavy (non-hydrogen) atoms. The molecule has 2 aromatic carbocycles. The van der Waals surface area contributed by atoms with Crippen molar-refractivity contribution < 1.29 is 19.1 Å². The summed E-state index contributed by atoms with van der Waals surface area (Å²) in [6.07, 6.45) is 2.28. The standard InChI is InChI=1S/C20H21NO4/c1-14(22)15-4-8-17(9-5-15)21-20(23)16-6-10-18(11-7-16)25-13-19-3-2-12-24-19/h4-11,19H,2-3,12-13H2,1H3,(H,21,23). The Labute approximate surface area is 147 Å². The molecule has 1 heterocycles. The van der Waals surface area contributed by atoms with Crippen LogP contribution in [-0.4, -0.2) is 31.0 Å². The van der Waals surface area contributed by atoms with Gasteiger partial charge in [0.15, 0.2) is 5.78 Å². The van der Waals surface area contributed by atoms with Gasteiger partial charge in [0.2, 0.25) is 0 Å². The van der Waals surface area contributed by atoms with Crippen LogP contribution < -0.4 is 10.1 Å². The minimum atomic E-state index is -0.207. The highest BCUT2D eigenvalue weighted by molar-refractivity contribution is 6.04. The van der Waals surface area contributed by atoms with Gasteiger partial charge >= 0.3 is 0 Å². The summed E-state index contributed by atoms with van der Waals surface area (Å²) in [6, 6.07) is 13.8. The minimum absolute atomic E-state index is 0.00327. The fourth-order valence-electron chi connectivity index (χ4n) is 2.66. The maximum Gasteiger partial charge on any atom is 0.255 e. The van der Waals surface area contributed by atoms with Crippen LogP contribution in [0.5, 0.6) is 5.75 Å². The third kappa shape index (κ3) is 4.67. The van der Waals surface area contributed by atoms with Gasteiger partial charge < -0.3 is 14.8 Å². The Morgan fingerprint density at radius 1 is 1.08 bits per heavy atom. The molecule has 3 rings (SSSR count). The highest BCUT2D eigenvalue weighted by Crippen LogP contribution is 2.18. The predicted molar refractivity (Wildman–Crippen MR) is 95.3 cm³/mol. The van der Waals surface area contributed by atoms with Crippen LogP contribution >= 0.6 is 0 Å². The van der Waals surface area contributed by atoms with Crippen molar-refractivity contribution in [3.05, 3.63) is 59.7 Å². The third-order valence-electron chi connectivity index (χ3n) is 4.13. The summed E-state index contributed by atoms with van der Waals surface area (Å²) in [7, 11) is 0. The molecule has 1 amide bonds. The van der Waals surface area contributed by atoms with E-state index >= 15 is 0 Å². The third-order valence-corrected chi connectivity index (χ3v) is 4.13. The van der Waals surface area contributed by atoms with Crippen LogP contribution in [0.4, 0.5) is 5.69 Å². The number of ether oxygens (including phenoxy) is 2. The number of Topliss-reactive ketones (excluding diaryl/α,β-unsaturated/α-hetero) is 1. The van der Waals surface area contributed by atoms with E-state index in [1.807, 2.05) is 0 Å². The second-order valence-electron chi connectivity index (χ2n) is 6.06. The largest absolute Gasteiger partial charge is 0.491 e. The average Bonchev–Trinajstić information content (AvgIpc) is 3.14. The van der Waals surface area contributed by atoms with Gasteiger partial charge in [-0.1, -0.05) is 0 Å². The first-order valence-electron chi connectivity index (χ1n) is 8.38. The van der Waals surface area contributed by atoms with E-state index in [9.17, 15) is 9.59 Å². The minimum Gasteiger partial charge on any atom is -0.491 e. The van der Waals surface area contributed by atoms with Crippen molar-refractivity contribution in [2.24, 2.45) is 0 Å². The first kappa shape index (κ1) is 17.2. The van der Waals surface area contributed by atoms with Gasteiger partial charge in [0.05, 0.1) is 6.10 Å². The highest BCUT2D eigenvalue weighted by atomic mass is 16.5. The molecule has 1 aliphatic rings. The van der Waals surface area contributed by atoms with E-state index in [-0.39, 0.29) is 17.8 Å². The highest BCUT2D eigenvalue weighted by Gasteiger charge is 2.16. The van der Waals surface area contributed by atoms with Gasteiger partial charge in [-0.05, 0) is 68.3 Å². The topological polar surface area (TPSA) is 64.6 Å². The molecule has 1 unspecified atom stereocenters. The Hall–Kier alpha value is -2.66. The molecule has 1 atom stereocenters. The predicted octanol–water partition coefficient (Wildman–Crippen LogP) is 3.70. The Morgan fingerprint density at radius 2 is 1.76 bits per heavy atom. The zero-order valence-corrected chi connectivity index (χ0v) is 14.2. The summed E-state index contributed by atoms with van der Waals surface area (Å²) < 4.78 is 11.2. The summed E-state index contributed by atoms with van der Waals surface area (Å²) in [5, 5.41) is 2.81. The zero-order valence-electron chi connectivity index (χ0n) is 14.2. The number of amides is 1. The van der Waals surface area contributed by atoms with Crippen LogP contribution in [0.25, 0.3) is 0 Å². The van der Waals surface area contributed by atoms with Gasteiger partial charge in [-0.25, -0.2) is 0 Å². The smallest absolute Gasteiger partial charge is 0.255 e. The van der Waals surface area contributed by atoms with Crippen LogP contribution in [0.15, 0.2) is 48.5 Å². The van der Waals surface area contributed by atoms with Crippen molar-refractivity contribution in [3.63, 3.8) is 0 Å². The maximum atomic E-state index is 12.3. The van der Waals surface area contributed by atoms with E-state index in [0.29, 0.717) is 23.4 Å². The molecular weight excluding hydrogens is 318 g/mol. The molecule has 0 aromatic heterocycles. The molecule has 5 nitrogen and oxygen atoms in total. The average molecular weight is 339 g/mol. The summed E-state index contributed by atoms with van der Waals surface area (Å²) in [6.45, 7) is 2.85. The molecular formula is C20H21NO4. The van der Waals surface area contributed by atoms with E-state index in [1.54, 1.807) is 48.5 Å². The number of hydrogen-bond donors (Lipinski definition) is 1. The lowest BCUT2D eigenvalue weighted by molar-refractivity contribution is 0.0679. The van der Waals surface area contributed by atoms with Crippen LogP contribution in [0.3, 0.4) is 0 Å². The van der Waals surface area contributed by atoms with Gasteiger partial charge in [-0.2, -0.15) is 0 Å². The molecule has 2 aromatic rings. The lowest BCUT2D eigenvalue weighted by atomic mass is 10.1. The lowest BCUT2D eigenvalue weighted by Gasteiger charge is -2.12. The molecule has 0 aliphatic carbocycles. The number of benzene rings is 2. The SMILES string of the molecule is CC(=O)c1ccc(NC(=O)c2ccc(OCC3CCCO3)cc2)cc1. The molecule has 0 spiro atoms. The van der Waals surface area contributed by atoms with Gasteiger partial charge in [0.25, 0.3) is 5.91 Å². The van der Waals surface area contributed by atoms with Crippen LogP contribution in [-0.2, 0) is 4.74 Å². The number of rotatable bonds is 6. The number of nitrogens with one attached hydrogen (secondary N) is 1. The number of carbonyl (C=O) groups excluding carboxylic acids is 2. The van der Waals surface area contributed by atoms with Crippen LogP contribution in [0.1, 0.15) is 40.5 Å². The Morgan fingerprint density at radius 3 is 2.36 bits per heavy atom. The molecule has 0 saturated carbocycles. The van der Waals surface area contributed by atoms with E-state index < -0.39 is 0 Å². The lowest BCUT2D eigenvalue weighted by Crippen LogP contribution is -2.16. The Bertz CT molecular complexity index is 731. The zero-order chi connectivity index (χ0) is 17.6. The summed E-state index contributed by atoms with van der Waals surface area (Å²) in [5.41, 5.74) is 1.81. The maximum absolute atomic E-state index is 12.3. The summed E-state index contributed by atoms with van der Waals surface area (Å²) in [5.74, 6) is 0.510. The van der Waals surface area contributed by atoms with E-state index in [4.69, 9.17) is 9.47 Å². The normalized spacial score (nSPS) is 16.4. The van der Waals surface area contributed by atoms with Crippen molar-refractivity contribution >= 4 is 17.4 Å². The van der Waals surface area contributed by atoms with Crippen molar-refractivity contribution in [3.8, 4) is 5.75 Å². The Kier molecular flexibility index (Phi) is 5.46. The number of ketones is 1. The van der Waals surface area contributed by atoms with Gasteiger partial charge in [0, 0.05) is 23.4 Å². The van der Waals surface area contributed by atoms with Crippen LogP contribution in [0.2, 0.25) is 0 Å². The van der Waals surface area contributed by atoms with E-state index in [1.165, 1.54) is 6.92 Å². The summed E-state index contributed by atoms with van der Waals surface area (Å²) >= 11 is 0. The monoisotopic (exact) mass is 339 g/mol. The number of hydrogen-bond acceptors (Lipinski definition) is 4. The van der Waals surface area contributed by atoms with Crippen molar-refractivity contribution in [1.82, 2.24) is 0 Å². The quantitative estimate of drug-likeness (QED) is 0.815. The first-order chi connectivity index (χ1) is 12.1. The van der Waals surface area contributed by atoms with Gasteiger partial charge in [0.1, 0.15) is 12.4 Å². The van der Waals surface area contributed by atoms with Gasteiger partial charge in [-0.3, -0.25) is 9.59 Å². The van der Waals surface area contributed by atoms with Crippen molar-refractivity contribution in [2.45, 2.75) is 25.9 Å². The molecule has 0 bridgehead atoms. The van der Waals surface area contributed by atoms with E-state index in [2.05, 4.69) is 5.32 Å². The van der Waals surface area contributed by atoms with Gasteiger partial charge in [-0.15, -0.1) is 0 Å². The van der Waals surface area contributed by atoms with Crippen molar-refractivity contribution in [1.29, 1.82) is 0 Å². The fraction of sp³-hybridized carbons (Fsp3) is 0.300. The molecule has 1 N–H and O–H groups in total. The second kappa shape index (κ2) is 7.94. The second-order valence-corrected chi connectivity index (χ2v) is 6.06. The molecule has 1 fully saturated rings. The first-order valence-corrected chi connectivity index (χ1v) is 8.38.